The van der Waals surface area contributed by atoms with Gasteiger partial charge >= 0.3 is 11.9 Å². The lowest BCUT2D eigenvalue weighted by molar-refractivity contribution is -0.870. The molecule has 0 aliphatic carbocycles. The summed E-state index contributed by atoms with van der Waals surface area (Å²) in [4.78, 5) is 37.5. The van der Waals surface area contributed by atoms with E-state index >= 15 is 0 Å². The number of quaternary nitrogens is 1. The van der Waals surface area contributed by atoms with Crippen LogP contribution in [0.1, 0.15) is 335 Å². The Kier molecular flexibility index (Phi) is 64.1. The maximum atomic E-state index is 12.9. The van der Waals surface area contributed by atoms with Crippen LogP contribution >= 0.6 is 0 Å². The van der Waals surface area contributed by atoms with Crippen molar-refractivity contribution in [1.29, 1.82) is 0 Å². The van der Waals surface area contributed by atoms with E-state index in [0.717, 1.165) is 70.6 Å². The number of carboxylic acids is 1. The third-order valence-electron chi connectivity index (χ3n) is 15.9. The Morgan fingerprint density at radius 3 is 1.01 bits per heavy atom. The van der Waals surface area contributed by atoms with Crippen molar-refractivity contribution < 1.29 is 42.9 Å². The molecule has 0 N–H and O–H groups in total. The van der Waals surface area contributed by atoms with Crippen LogP contribution in [0.2, 0.25) is 0 Å². The SMILES string of the molecule is CC/C=C\C/C=C\C/C=C\C/C=C\C/C=C\CCCCCCCCCCCCCCCC(=O)OC(COC(=O)CCCCCCCCCCCCCCCCCCCCC/C=C\CCCCCCCCCC)COC(OCC[N+](C)(C)C)C(=O)[O-]. The number of likely N-dealkylation sites (N-methyl/N-ethyl adjacent to an activating group) is 1. The van der Waals surface area contributed by atoms with E-state index in [9.17, 15) is 19.5 Å². The average Bonchev–Trinajstić information content (AvgIpc) is 3.48. The van der Waals surface area contributed by atoms with Crippen LogP contribution in [-0.4, -0.2) is 82.3 Å². The van der Waals surface area contributed by atoms with E-state index in [2.05, 4.69) is 86.8 Å². The molecule has 0 spiro atoms. The summed E-state index contributed by atoms with van der Waals surface area (Å²) in [5.41, 5.74) is 0. The largest absolute Gasteiger partial charge is 0.545 e. The van der Waals surface area contributed by atoms with Crippen LogP contribution in [0.25, 0.3) is 0 Å². The molecule has 2 atom stereocenters. The molecule has 0 aromatic heterocycles. The van der Waals surface area contributed by atoms with Gasteiger partial charge in [0.25, 0.3) is 0 Å². The minimum atomic E-state index is -1.62. The van der Waals surface area contributed by atoms with Crippen molar-refractivity contribution in [1.82, 2.24) is 0 Å². The molecule has 0 aromatic carbocycles. The third-order valence-corrected chi connectivity index (χ3v) is 15.9. The molecule has 85 heavy (non-hydrogen) atoms. The van der Waals surface area contributed by atoms with Gasteiger partial charge in [-0.05, 0) is 83.5 Å². The van der Waals surface area contributed by atoms with Crippen LogP contribution in [0.3, 0.4) is 0 Å². The normalized spacial score (nSPS) is 13.1. The highest BCUT2D eigenvalue weighted by molar-refractivity contribution is 5.70. The summed E-state index contributed by atoms with van der Waals surface area (Å²) < 4.78 is 22.8. The predicted octanol–water partition coefficient (Wildman–Crippen LogP) is 21.1. The molecule has 0 radical (unpaired) electrons. The van der Waals surface area contributed by atoms with Gasteiger partial charge in [-0.15, -0.1) is 0 Å². The Morgan fingerprint density at radius 2 is 0.671 bits per heavy atom. The summed E-state index contributed by atoms with van der Waals surface area (Å²) >= 11 is 0. The van der Waals surface area contributed by atoms with Gasteiger partial charge in [0.05, 0.1) is 40.3 Å². The maximum absolute atomic E-state index is 12.9. The van der Waals surface area contributed by atoms with E-state index in [4.69, 9.17) is 18.9 Å². The van der Waals surface area contributed by atoms with Crippen molar-refractivity contribution in [2.75, 3.05) is 47.5 Å². The van der Waals surface area contributed by atoms with Gasteiger partial charge in [0, 0.05) is 12.8 Å². The summed E-state index contributed by atoms with van der Waals surface area (Å²) in [6.07, 6.45) is 85.6. The Hall–Kier alpha value is -3.27. The highest BCUT2D eigenvalue weighted by Crippen LogP contribution is 2.18. The molecule has 0 saturated heterocycles. The molecule has 2 unspecified atom stereocenters. The molecule has 9 heteroatoms. The monoisotopic (exact) mass is 1190 g/mol. The maximum Gasteiger partial charge on any atom is 0.306 e. The number of nitrogens with zero attached hydrogens (tertiary/aromatic N) is 1. The van der Waals surface area contributed by atoms with Gasteiger partial charge < -0.3 is 33.3 Å². The van der Waals surface area contributed by atoms with Crippen molar-refractivity contribution in [3.63, 3.8) is 0 Å². The number of unbranched alkanes of at least 4 members (excludes halogenated alkanes) is 40. The van der Waals surface area contributed by atoms with Crippen molar-refractivity contribution in [2.45, 2.75) is 347 Å². The Morgan fingerprint density at radius 1 is 0.365 bits per heavy atom. The molecule has 0 aromatic rings. The van der Waals surface area contributed by atoms with Gasteiger partial charge in [0.1, 0.15) is 13.2 Å². The molecular formula is C76H137NO8. The number of hydrogen-bond acceptors (Lipinski definition) is 8. The van der Waals surface area contributed by atoms with E-state index in [1.807, 2.05) is 21.1 Å². The lowest BCUT2D eigenvalue weighted by Gasteiger charge is -2.26. The molecule has 0 rings (SSSR count). The fraction of sp³-hybridized carbons (Fsp3) is 0.803. The first-order chi connectivity index (χ1) is 41.6. The number of ether oxygens (including phenoxy) is 4. The number of aliphatic carboxylic acids is 1. The molecule has 0 saturated carbocycles. The van der Waals surface area contributed by atoms with Gasteiger partial charge in [-0.2, -0.15) is 0 Å². The molecule has 0 amide bonds. The molecule has 0 aliphatic rings. The lowest BCUT2D eigenvalue weighted by Crippen LogP contribution is -2.44. The Bertz CT molecular complexity index is 1620. The average molecular weight is 1190 g/mol. The zero-order valence-corrected chi connectivity index (χ0v) is 56.5. The molecule has 0 fully saturated rings. The number of esters is 2. The predicted molar refractivity (Wildman–Crippen MR) is 361 cm³/mol. The van der Waals surface area contributed by atoms with E-state index in [1.54, 1.807) is 0 Å². The minimum Gasteiger partial charge on any atom is -0.545 e. The van der Waals surface area contributed by atoms with Crippen molar-refractivity contribution in [3.05, 3.63) is 72.9 Å². The number of carboxylic acid groups (broad SMARTS) is 1. The quantitative estimate of drug-likeness (QED) is 0.0195. The zero-order valence-electron chi connectivity index (χ0n) is 56.5. The zero-order chi connectivity index (χ0) is 61.9. The Balaban J connectivity index is 4.07. The van der Waals surface area contributed by atoms with Gasteiger partial charge in [-0.1, -0.05) is 311 Å². The van der Waals surface area contributed by atoms with Crippen molar-refractivity contribution in [2.24, 2.45) is 0 Å². The Labute approximate surface area is 526 Å². The van der Waals surface area contributed by atoms with E-state index in [1.165, 1.54) is 231 Å². The third kappa shape index (κ3) is 68.1. The summed E-state index contributed by atoms with van der Waals surface area (Å²) in [5.74, 6) is -2.27. The van der Waals surface area contributed by atoms with Gasteiger partial charge in [0.15, 0.2) is 12.4 Å². The van der Waals surface area contributed by atoms with Crippen LogP contribution in [0.4, 0.5) is 0 Å². The summed E-state index contributed by atoms with van der Waals surface area (Å²) in [7, 11) is 5.94. The van der Waals surface area contributed by atoms with Gasteiger partial charge in [-0.25, -0.2) is 0 Å². The number of hydrogen-bond donors (Lipinski definition) is 0. The topological polar surface area (TPSA) is 111 Å². The molecular weight excluding hydrogens is 1050 g/mol. The fourth-order valence-electron chi connectivity index (χ4n) is 10.4. The lowest BCUT2D eigenvalue weighted by atomic mass is 10.0. The smallest absolute Gasteiger partial charge is 0.306 e. The molecule has 494 valence electrons. The molecule has 0 aliphatic heterocycles. The second kappa shape index (κ2) is 66.7. The molecule has 0 bridgehead atoms. The van der Waals surface area contributed by atoms with Crippen molar-refractivity contribution in [3.8, 4) is 0 Å². The highest BCUT2D eigenvalue weighted by atomic mass is 16.7. The number of carbonyl (C=O) groups is 3. The van der Waals surface area contributed by atoms with Gasteiger partial charge in [0.2, 0.25) is 0 Å². The van der Waals surface area contributed by atoms with Crippen molar-refractivity contribution >= 4 is 17.9 Å². The fourth-order valence-corrected chi connectivity index (χ4v) is 10.4. The molecule has 9 nitrogen and oxygen atoms in total. The van der Waals surface area contributed by atoms with Crippen LogP contribution in [-0.2, 0) is 33.3 Å². The molecule has 0 heterocycles. The van der Waals surface area contributed by atoms with E-state index in [0.29, 0.717) is 23.9 Å². The number of rotatable bonds is 67. The first kappa shape index (κ1) is 81.7. The van der Waals surface area contributed by atoms with Crippen LogP contribution < -0.4 is 5.11 Å². The summed E-state index contributed by atoms with van der Waals surface area (Å²) in [6, 6.07) is 0. The number of allylic oxidation sites excluding steroid dienone is 12. The standard InChI is InChI=1S/C76H137NO8/c1-6-8-10-12-14-16-18-20-22-24-26-28-30-32-34-36-37-39-40-42-44-46-48-50-52-54-56-58-60-62-64-66-73(78)83-70-72(71-84-76(75(80)81)82-69-68-77(3,4)5)85-74(79)67-65-63-61-59-57-55-53-51-49-47-45-43-41-38-35-33-31-29-27-25-23-21-19-17-15-13-11-9-7-2/h9,11,15,17,21,23-24,26-27,29,33,35,72,76H,6-8,10,12-14,16,18-20,22,25,28,30-32,34,36-71H2,1-5H3/b11-9-,17-15-,23-21-,26-24-,29-27-,35-33-. The van der Waals surface area contributed by atoms with Crippen LogP contribution in [0, 0.1) is 0 Å². The first-order valence-electron chi connectivity index (χ1n) is 36.1. The number of carbonyl (C=O) groups excluding carboxylic acids is 3. The highest BCUT2D eigenvalue weighted by Gasteiger charge is 2.22. The van der Waals surface area contributed by atoms with Crippen LogP contribution in [0.5, 0.6) is 0 Å². The van der Waals surface area contributed by atoms with Crippen LogP contribution in [0.15, 0.2) is 72.9 Å². The summed E-state index contributed by atoms with van der Waals surface area (Å²) in [6.45, 7) is 4.68. The van der Waals surface area contributed by atoms with Gasteiger partial charge in [-0.3, -0.25) is 9.59 Å². The van der Waals surface area contributed by atoms with E-state index in [-0.39, 0.29) is 32.2 Å². The van der Waals surface area contributed by atoms with E-state index < -0.39 is 24.3 Å². The summed E-state index contributed by atoms with van der Waals surface area (Å²) in [5, 5.41) is 11.8. The first-order valence-corrected chi connectivity index (χ1v) is 36.1. The second-order valence-electron chi connectivity index (χ2n) is 25.5. The second-order valence-corrected chi connectivity index (χ2v) is 25.5. The minimum absolute atomic E-state index is 0.147.